The smallest absolute Gasteiger partial charge is 0.319 e. The van der Waals surface area contributed by atoms with Crippen molar-refractivity contribution >= 4 is 23.2 Å². The minimum atomic E-state index is -0.872. The molecule has 0 bridgehead atoms. The summed E-state index contributed by atoms with van der Waals surface area (Å²) < 4.78 is 0. The number of nitrogens with one attached hydrogen (secondary N) is 3. The first-order chi connectivity index (χ1) is 8.58. The van der Waals surface area contributed by atoms with Crippen molar-refractivity contribution in [2.75, 3.05) is 5.32 Å². The number of benzene rings is 1. The van der Waals surface area contributed by atoms with E-state index in [1.807, 2.05) is 10.1 Å². The lowest BCUT2D eigenvalue weighted by Gasteiger charge is -2.04. The van der Waals surface area contributed by atoms with Crippen molar-refractivity contribution in [3.05, 3.63) is 55.8 Å². The standard InChI is InChI=1S/C10H7ClN4O3/c11-5-3-1-2-4-6(5)12-8(16)7-9(17)13-10(18)15-14-7/h1-4H,(H,12,16)(H2,13,15,17,18). The van der Waals surface area contributed by atoms with Crippen LogP contribution in [0.5, 0.6) is 0 Å². The number of para-hydroxylation sites is 1. The molecule has 18 heavy (non-hydrogen) atoms. The average molecular weight is 267 g/mol. The quantitative estimate of drug-likeness (QED) is 0.729. The van der Waals surface area contributed by atoms with Crippen molar-refractivity contribution in [2.24, 2.45) is 0 Å². The van der Waals surface area contributed by atoms with Gasteiger partial charge in [0.05, 0.1) is 10.7 Å². The third-order valence-electron chi connectivity index (χ3n) is 2.05. The van der Waals surface area contributed by atoms with Gasteiger partial charge in [0, 0.05) is 0 Å². The number of aromatic amines is 2. The van der Waals surface area contributed by atoms with Gasteiger partial charge in [-0.25, -0.2) is 9.89 Å². The maximum Gasteiger partial charge on any atom is 0.342 e. The fourth-order valence-corrected chi connectivity index (χ4v) is 1.43. The molecule has 0 aliphatic carbocycles. The van der Waals surface area contributed by atoms with Crippen molar-refractivity contribution in [3.63, 3.8) is 0 Å². The Hall–Kier alpha value is -2.41. The van der Waals surface area contributed by atoms with Gasteiger partial charge in [0.15, 0.2) is 0 Å². The first-order valence-corrected chi connectivity index (χ1v) is 5.20. The molecule has 0 spiro atoms. The van der Waals surface area contributed by atoms with Gasteiger partial charge in [0.1, 0.15) is 0 Å². The molecule has 1 amide bonds. The SMILES string of the molecule is O=C(Nc1ccccc1Cl)c1n[nH]c(=O)[nH]c1=O. The van der Waals surface area contributed by atoms with E-state index in [0.29, 0.717) is 10.7 Å². The highest BCUT2D eigenvalue weighted by Gasteiger charge is 2.14. The molecular formula is C10H7ClN4O3. The highest BCUT2D eigenvalue weighted by molar-refractivity contribution is 6.33. The van der Waals surface area contributed by atoms with E-state index in [2.05, 4.69) is 10.4 Å². The van der Waals surface area contributed by atoms with Crippen LogP contribution in [0.15, 0.2) is 33.9 Å². The van der Waals surface area contributed by atoms with Crippen molar-refractivity contribution in [1.82, 2.24) is 15.2 Å². The summed E-state index contributed by atoms with van der Waals surface area (Å²) in [6, 6.07) is 6.52. The van der Waals surface area contributed by atoms with Crippen LogP contribution in [0.2, 0.25) is 5.02 Å². The van der Waals surface area contributed by atoms with Crippen molar-refractivity contribution < 1.29 is 4.79 Å². The van der Waals surface area contributed by atoms with Gasteiger partial charge in [-0.15, -0.1) is 0 Å². The summed E-state index contributed by atoms with van der Waals surface area (Å²) in [6.07, 6.45) is 0. The van der Waals surface area contributed by atoms with E-state index in [0.717, 1.165) is 0 Å². The summed E-state index contributed by atoms with van der Waals surface area (Å²) in [5.41, 5.74) is -1.76. The summed E-state index contributed by atoms with van der Waals surface area (Å²) >= 11 is 5.84. The first-order valence-electron chi connectivity index (χ1n) is 4.83. The molecule has 0 aliphatic heterocycles. The van der Waals surface area contributed by atoms with Gasteiger partial charge in [-0.1, -0.05) is 23.7 Å². The topological polar surface area (TPSA) is 108 Å². The Morgan fingerprint density at radius 2 is 2.00 bits per heavy atom. The van der Waals surface area contributed by atoms with Crippen LogP contribution < -0.4 is 16.6 Å². The van der Waals surface area contributed by atoms with E-state index in [4.69, 9.17) is 11.6 Å². The molecule has 92 valence electrons. The van der Waals surface area contributed by atoms with Crippen LogP contribution in [-0.2, 0) is 0 Å². The van der Waals surface area contributed by atoms with Gasteiger partial charge >= 0.3 is 5.69 Å². The largest absolute Gasteiger partial charge is 0.342 e. The lowest BCUT2D eigenvalue weighted by atomic mass is 10.3. The number of hydrogen-bond donors (Lipinski definition) is 3. The predicted octanol–water partition coefficient (Wildman–Crippen LogP) is 0.364. The Morgan fingerprint density at radius 3 is 2.67 bits per heavy atom. The first kappa shape index (κ1) is 12.1. The predicted molar refractivity (Wildman–Crippen MR) is 64.9 cm³/mol. The fourth-order valence-electron chi connectivity index (χ4n) is 1.25. The van der Waals surface area contributed by atoms with Crippen molar-refractivity contribution in [1.29, 1.82) is 0 Å². The molecule has 0 saturated heterocycles. The Morgan fingerprint density at radius 1 is 1.28 bits per heavy atom. The van der Waals surface area contributed by atoms with Gasteiger partial charge in [-0.3, -0.25) is 14.6 Å². The zero-order valence-corrected chi connectivity index (χ0v) is 9.62. The third kappa shape index (κ3) is 2.46. The Kier molecular flexibility index (Phi) is 3.24. The maximum absolute atomic E-state index is 11.7. The number of carbonyl (C=O) groups excluding carboxylic acids is 1. The zero-order valence-electron chi connectivity index (χ0n) is 8.86. The Bertz CT molecular complexity index is 707. The number of anilines is 1. The van der Waals surface area contributed by atoms with Gasteiger partial charge in [0.25, 0.3) is 11.5 Å². The van der Waals surface area contributed by atoms with Crippen LogP contribution in [-0.4, -0.2) is 21.1 Å². The fraction of sp³-hybridized carbons (Fsp3) is 0. The van der Waals surface area contributed by atoms with Crippen LogP contribution in [0.4, 0.5) is 5.69 Å². The van der Waals surface area contributed by atoms with Crippen LogP contribution in [0.1, 0.15) is 10.5 Å². The molecule has 1 aromatic heterocycles. The molecule has 0 radical (unpaired) electrons. The lowest BCUT2D eigenvalue weighted by Crippen LogP contribution is -2.32. The Balaban J connectivity index is 2.31. The highest BCUT2D eigenvalue weighted by atomic mass is 35.5. The minimum absolute atomic E-state index is 0.326. The van der Waals surface area contributed by atoms with Gasteiger partial charge in [-0.2, -0.15) is 5.10 Å². The monoisotopic (exact) mass is 266 g/mol. The zero-order chi connectivity index (χ0) is 13.1. The van der Waals surface area contributed by atoms with Crippen molar-refractivity contribution in [3.8, 4) is 0 Å². The number of halogens is 1. The molecule has 7 nitrogen and oxygen atoms in total. The van der Waals surface area contributed by atoms with E-state index < -0.39 is 22.9 Å². The molecule has 0 atom stereocenters. The number of H-pyrrole nitrogens is 2. The summed E-state index contributed by atoms with van der Waals surface area (Å²) in [4.78, 5) is 35.7. The molecule has 0 unspecified atom stereocenters. The summed E-state index contributed by atoms with van der Waals surface area (Å²) in [7, 11) is 0. The number of aromatic nitrogens is 3. The molecule has 1 aromatic carbocycles. The molecule has 2 aromatic rings. The van der Waals surface area contributed by atoms with E-state index in [9.17, 15) is 14.4 Å². The second-order valence-electron chi connectivity index (χ2n) is 3.29. The molecule has 0 fully saturated rings. The van der Waals surface area contributed by atoms with E-state index in [1.165, 1.54) is 0 Å². The Labute approximate surface area is 105 Å². The lowest BCUT2D eigenvalue weighted by molar-refractivity contribution is 0.101. The van der Waals surface area contributed by atoms with Crippen LogP contribution in [0.25, 0.3) is 0 Å². The number of hydrogen-bond acceptors (Lipinski definition) is 4. The number of nitrogens with zero attached hydrogens (tertiary/aromatic N) is 1. The van der Waals surface area contributed by atoms with E-state index >= 15 is 0 Å². The van der Waals surface area contributed by atoms with Crippen LogP contribution >= 0.6 is 11.6 Å². The number of amides is 1. The van der Waals surface area contributed by atoms with Gasteiger partial charge < -0.3 is 5.32 Å². The highest BCUT2D eigenvalue weighted by Crippen LogP contribution is 2.20. The molecule has 8 heteroatoms. The third-order valence-corrected chi connectivity index (χ3v) is 2.38. The van der Waals surface area contributed by atoms with Gasteiger partial charge in [0.2, 0.25) is 5.69 Å². The van der Waals surface area contributed by atoms with Crippen LogP contribution in [0, 0.1) is 0 Å². The second-order valence-corrected chi connectivity index (χ2v) is 3.70. The number of carbonyl (C=O) groups is 1. The summed E-state index contributed by atoms with van der Waals surface area (Å²) in [5.74, 6) is -0.763. The minimum Gasteiger partial charge on any atom is -0.319 e. The molecule has 0 saturated carbocycles. The normalized spacial score (nSPS) is 10.1. The second kappa shape index (κ2) is 4.84. The average Bonchev–Trinajstić information content (AvgIpc) is 2.32. The molecular weight excluding hydrogens is 260 g/mol. The van der Waals surface area contributed by atoms with Crippen molar-refractivity contribution in [2.45, 2.75) is 0 Å². The van der Waals surface area contributed by atoms with E-state index in [-0.39, 0.29) is 0 Å². The van der Waals surface area contributed by atoms with Crippen LogP contribution in [0.3, 0.4) is 0 Å². The molecule has 0 aliphatic rings. The summed E-state index contributed by atoms with van der Waals surface area (Å²) in [6.45, 7) is 0. The summed E-state index contributed by atoms with van der Waals surface area (Å²) in [5, 5.41) is 8.07. The van der Waals surface area contributed by atoms with Gasteiger partial charge in [-0.05, 0) is 12.1 Å². The maximum atomic E-state index is 11.7. The molecule has 1 heterocycles. The molecule has 2 rings (SSSR count). The van der Waals surface area contributed by atoms with E-state index in [1.54, 1.807) is 24.3 Å². The number of rotatable bonds is 2. The molecule has 3 N–H and O–H groups in total.